The maximum Gasteiger partial charge on any atom is 0.317 e. The number of aromatic amines is 1. The van der Waals surface area contributed by atoms with E-state index >= 15 is 0 Å². The lowest BCUT2D eigenvalue weighted by molar-refractivity contribution is -0.146. The first-order valence-corrected chi connectivity index (χ1v) is 8.31. The topological polar surface area (TPSA) is 85.4 Å². The Bertz CT molecular complexity index is 755. The zero-order valence-electron chi connectivity index (χ0n) is 13.8. The molecule has 1 aromatic carbocycles. The third kappa shape index (κ3) is 3.22. The molecule has 1 aromatic heterocycles. The van der Waals surface area contributed by atoms with E-state index in [0.29, 0.717) is 19.5 Å². The fourth-order valence-corrected chi connectivity index (χ4v) is 3.23. The molecule has 6 nitrogen and oxygen atoms in total. The second kappa shape index (κ2) is 6.55. The van der Waals surface area contributed by atoms with Crippen molar-refractivity contribution >= 4 is 22.9 Å². The van der Waals surface area contributed by atoms with Crippen LogP contribution in [-0.2, 0) is 11.2 Å². The molecule has 1 saturated heterocycles. The van der Waals surface area contributed by atoms with Crippen LogP contribution in [0.25, 0.3) is 10.9 Å². The Balaban J connectivity index is 1.45. The summed E-state index contributed by atoms with van der Waals surface area (Å²) >= 11 is 0. The van der Waals surface area contributed by atoms with Crippen LogP contribution in [-0.4, -0.2) is 46.6 Å². The van der Waals surface area contributed by atoms with E-state index in [1.165, 1.54) is 10.9 Å². The first-order valence-electron chi connectivity index (χ1n) is 8.31. The summed E-state index contributed by atoms with van der Waals surface area (Å²) in [5.41, 5.74) is 1.56. The number of nitrogens with one attached hydrogen (secondary N) is 2. The van der Waals surface area contributed by atoms with Crippen molar-refractivity contribution in [1.82, 2.24) is 15.2 Å². The third-order valence-corrected chi connectivity index (χ3v) is 4.85. The lowest BCUT2D eigenvalue weighted by Gasteiger charge is -2.20. The van der Waals surface area contributed by atoms with Crippen molar-refractivity contribution in [1.29, 1.82) is 0 Å². The number of fused-ring (bicyclic) bond motifs is 1. The predicted molar refractivity (Wildman–Crippen MR) is 92.0 cm³/mol. The number of amides is 2. The number of likely N-dealkylation sites (tertiary alicyclic amines) is 1. The van der Waals surface area contributed by atoms with Gasteiger partial charge in [-0.15, -0.1) is 0 Å². The van der Waals surface area contributed by atoms with Crippen molar-refractivity contribution in [3.05, 3.63) is 36.0 Å². The molecule has 1 aliphatic rings. The highest BCUT2D eigenvalue weighted by Crippen LogP contribution is 2.29. The number of hydrogen-bond acceptors (Lipinski definition) is 2. The van der Waals surface area contributed by atoms with Gasteiger partial charge in [0.2, 0.25) is 0 Å². The number of carboxylic acid groups (broad SMARTS) is 1. The molecule has 0 radical (unpaired) electrons. The van der Waals surface area contributed by atoms with Gasteiger partial charge in [0.1, 0.15) is 0 Å². The van der Waals surface area contributed by atoms with E-state index in [1.54, 1.807) is 11.8 Å². The van der Waals surface area contributed by atoms with Crippen molar-refractivity contribution in [3.8, 4) is 0 Å². The molecule has 3 N–H and O–H groups in total. The number of benzene rings is 1. The summed E-state index contributed by atoms with van der Waals surface area (Å²) in [5, 5.41) is 13.3. The first-order chi connectivity index (χ1) is 11.5. The van der Waals surface area contributed by atoms with Crippen LogP contribution in [0.4, 0.5) is 4.79 Å². The van der Waals surface area contributed by atoms with Gasteiger partial charge in [0.25, 0.3) is 0 Å². The summed E-state index contributed by atoms with van der Waals surface area (Å²) in [6.07, 6.45) is 4.26. The fraction of sp³-hybridized carbons (Fsp3) is 0.444. The number of para-hydroxylation sites is 1. The summed E-state index contributed by atoms with van der Waals surface area (Å²) in [4.78, 5) is 28.2. The molecule has 3 rings (SSSR count). The van der Waals surface area contributed by atoms with E-state index in [9.17, 15) is 14.7 Å². The monoisotopic (exact) mass is 329 g/mol. The molecule has 1 aliphatic heterocycles. The highest BCUT2D eigenvalue weighted by atomic mass is 16.4. The Kier molecular flexibility index (Phi) is 4.46. The number of nitrogens with zero attached hydrogens (tertiary/aromatic N) is 1. The zero-order valence-corrected chi connectivity index (χ0v) is 13.8. The number of rotatable bonds is 5. The van der Waals surface area contributed by atoms with Crippen LogP contribution in [0.2, 0.25) is 0 Å². The standard InChI is InChI=1S/C18H23N3O3/c1-18(16(22)23)8-10-21(12-18)17(24)19-9-4-5-13-11-20-15-7-3-2-6-14(13)15/h2-3,6-7,11,20H,4-5,8-10,12H2,1H3,(H,19,24)(H,22,23). The lowest BCUT2D eigenvalue weighted by Crippen LogP contribution is -2.41. The molecule has 1 fully saturated rings. The van der Waals surface area contributed by atoms with Crippen LogP contribution in [0.3, 0.4) is 0 Å². The van der Waals surface area contributed by atoms with E-state index in [2.05, 4.69) is 16.4 Å². The molecule has 24 heavy (non-hydrogen) atoms. The molecule has 128 valence electrons. The van der Waals surface area contributed by atoms with Crippen LogP contribution in [0.5, 0.6) is 0 Å². The average Bonchev–Trinajstić information content (AvgIpc) is 3.16. The minimum Gasteiger partial charge on any atom is -0.481 e. The summed E-state index contributed by atoms with van der Waals surface area (Å²) in [7, 11) is 0. The summed E-state index contributed by atoms with van der Waals surface area (Å²) in [5.74, 6) is -0.836. The highest BCUT2D eigenvalue weighted by molar-refractivity contribution is 5.83. The number of H-pyrrole nitrogens is 1. The summed E-state index contributed by atoms with van der Waals surface area (Å²) in [6.45, 7) is 3.05. The number of hydrogen-bond donors (Lipinski definition) is 3. The van der Waals surface area contributed by atoms with Gasteiger partial charge in [-0.1, -0.05) is 18.2 Å². The molecule has 2 heterocycles. The lowest BCUT2D eigenvalue weighted by atomic mass is 9.90. The van der Waals surface area contributed by atoms with Gasteiger partial charge in [-0.3, -0.25) is 4.79 Å². The zero-order chi connectivity index (χ0) is 17.2. The molecular formula is C18H23N3O3. The number of aromatic nitrogens is 1. The van der Waals surface area contributed by atoms with E-state index in [4.69, 9.17) is 0 Å². The smallest absolute Gasteiger partial charge is 0.317 e. The van der Waals surface area contributed by atoms with Gasteiger partial charge in [0.05, 0.1) is 5.41 Å². The summed E-state index contributed by atoms with van der Waals surface area (Å²) < 4.78 is 0. The fourth-order valence-electron chi connectivity index (χ4n) is 3.23. The maximum atomic E-state index is 12.1. The number of aliphatic carboxylic acids is 1. The molecule has 0 bridgehead atoms. The van der Waals surface area contributed by atoms with Crippen molar-refractivity contribution in [3.63, 3.8) is 0 Å². The van der Waals surface area contributed by atoms with Crippen molar-refractivity contribution in [2.24, 2.45) is 5.41 Å². The molecule has 1 atom stereocenters. The Labute approximate surface area is 140 Å². The molecule has 6 heteroatoms. The molecule has 2 aromatic rings. The van der Waals surface area contributed by atoms with Gasteiger partial charge >= 0.3 is 12.0 Å². The average molecular weight is 329 g/mol. The quantitative estimate of drug-likeness (QED) is 0.737. The second-order valence-electron chi connectivity index (χ2n) is 6.73. The van der Waals surface area contributed by atoms with Gasteiger partial charge in [-0.25, -0.2) is 4.79 Å². The van der Waals surface area contributed by atoms with E-state index in [0.717, 1.165) is 18.4 Å². The molecular weight excluding hydrogens is 306 g/mol. The molecule has 2 amide bonds. The van der Waals surface area contributed by atoms with Gasteiger partial charge < -0.3 is 20.3 Å². The van der Waals surface area contributed by atoms with Crippen LogP contribution in [0.1, 0.15) is 25.3 Å². The molecule has 1 unspecified atom stereocenters. The number of urea groups is 1. The largest absolute Gasteiger partial charge is 0.481 e. The van der Waals surface area contributed by atoms with Crippen molar-refractivity contribution < 1.29 is 14.7 Å². The Morgan fingerprint density at radius 1 is 1.38 bits per heavy atom. The Morgan fingerprint density at radius 3 is 2.92 bits per heavy atom. The summed E-state index contributed by atoms with van der Waals surface area (Å²) in [6, 6.07) is 8.00. The predicted octanol–water partition coefficient (Wildman–Crippen LogP) is 2.61. The molecule has 0 spiro atoms. The van der Waals surface area contributed by atoms with Gasteiger partial charge in [0, 0.05) is 36.7 Å². The Morgan fingerprint density at radius 2 is 2.17 bits per heavy atom. The van der Waals surface area contributed by atoms with Gasteiger partial charge in [0.15, 0.2) is 0 Å². The minimum absolute atomic E-state index is 0.168. The second-order valence-corrected chi connectivity index (χ2v) is 6.73. The minimum atomic E-state index is -0.836. The van der Waals surface area contributed by atoms with Crippen molar-refractivity contribution in [2.75, 3.05) is 19.6 Å². The first kappa shape index (κ1) is 16.4. The van der Waals surface area contributed by atoms with E-state index < -0.39 is 11.4 Å². The van der Waals surface area contributed by atoms with E-state index in [-0.39, 0.29) is 12.6 Å². The maximum absolute atomic E-state index is 12.1. The number of carbonyl (C=O) groups excluding carboxylic acids is 1. The molecule has 0 saturated carbocycles. The van der Waals surface area contributed by atoms with Crippen LogP contribution >= 0.6 is 0 Å². The highest BCUT2D eigenvalue weighted by Gasteiger charge is 2.42. The van der Waals surface area contributed by atoms with Crippen LogP contribution in [0, 0.1) is 5.41 Å². The Hall–Kier alpha value is -2.50. The third-order valence-electron chi connectivity index (χ3n) is 4.85. The number of carbonyl (C=O) groups is 2. The SMILES string of the molecule is CC1(C(=O)O)CCN(C(=O)NCCCc2c[nH]c3ccccc23)C1. The molecule has 0 aliphatic carbocycles. The van der Waals surface area contributed by atoms with Crippen molar-refractivity contribution in [2.45, 2.75) is 26.2 Å². The van der Waals surface area contributed by atoms with Gasteiger partial charge in [-0.2, -0.15) is 0 Å². The number of aryl methyl sites for hydroxylation is 1. The van der Waals surface area contributed by atoms with Crippen LogP contribution in [0.15, 0.2) is 30.5 Å². The number of carboxylic acids is 1. The van der Waals surface area contributed by atoms with Crippen LogP contribution < -0.4 is 5.32 Å². The normalized spacial score (nSPS) is 20.5. The van der Waals surface area contributed by atoms with E-state index in [1.807, 2.05) is 24.4 Å². The van der Waals surface area contributed by atoms with Gasteiger partial charge in [-0.05, 0) is 37.8 Å².